The van der Waals surface area contributed by atoms with E-state index in [1.807, 2.05) is 11.8 Å². The average Bonchev–Trinajstić information content (AvgIpc) is 2.70. The number of allylic oxidation sites excluding steroid dienone is 1. The molecule has 4 aliphatic carbocycles. The maximum Gasteiger partial charge on any atom is 0.317 e. The summed E-state index contributed by atoms with van der Waals surface area (Å²) in [7, 11) is 0. The molecule has 5 rings (SSSR count). The van der Waals surface area contributed by atoms with Gasteiger partial charge in [0.05, 0.1) is 0 Å². The Labute approximate surface area is 182 Å². The standard InChI is InChI=1S/C24H40N4O2/c1-4-25-23(30)28(17-19-8-9-20-16-21(19)24(20,2)3)15-12-26-10-13-27(14-11-26)22(29)18-6-5-7-18/h8,18,20-21H,4-7,9-17H2,1-3H3,(H,25,30). The van der Waals surface area contributed by atoms with Crippen molar-refractivity contribution in [1.29, 1.82) is 0 Å². The first-order chi connectivity index (χ1) is 14.4. The number of amides is 3. The molecule has 30 heavy (non-hydrogen) atoms. The molecule has 5 aliphatic rings. The SMILES string of the molecule is CCNC(=O)N(CCN1CCN(C(=O)C2CCC2)CC1)CC1=CCC2CC1C2(C)C. The normalized spacial score (nSPS) is 28.2. The molecular weight excluding hydrogens is 376 g/mol. The molecule has 3 fully saturated rings. The molecule has 168 valence electrons. The number of urea groups is 1. The van der Waals surface area contributed by atoms with Gasteiger partial charge >= 0.3 is 6.03 Å². The van der Waals surface area contributed by atoms with E-state index >= 15 is 0 Å². The molecule has 2 unspecified atom stereocenters. The average molecular weight is 417 g/mol. The van der Waals surface area contributed by atoms with Gasteiger partial charge in [0.25, 0.3) is 0 Å². The third kappa shape index (κ3) is 4.25. The number of carbonyl (C=O) groups is 2. The van der Waals surface area contributed by atoms with E-state index in [2.05, 4.69) is 35.0 Å². The highest BCUT2D eigenvalue weighted by molar-refractivity contribution is 5.79. The Balaban J connectivity index is 1.28. The second-order valence-electron chi connectivity index (χ2n) is 10.4. The summed E-state index contributed by atoms with van der Waals surface area (Å²) in [5.41, 5.74) is 1.85. The molecule has 6 nitrogen and oxygen atoms in total. The van der Waals surface area contributed by atoms with Crippen LogP contribution in [0, 0.1) is 23.2 Å². The molecular formula is C24H40N4O2. The van der Waals surface area contributed by atoms with Gasteiger partial charge in [0, 0.05) is 58.3 Å². The summed E-state index contributed by atoms with van der Waals surface area (Å²) in [6.07, 6.45) is 8.23. The number of nitrogens with one attached hydrogen (secondary N) is 1. The van der Waals surface area contributed by atoms with E-state index in [-0.39, 0.29) is 6.03 Å². The molecule has 2 saturated carbocycles. The predicted molar refractivity (Wildman–Crippen MR) is 119 cm³/mol. The van der Waals surface area contributed by atoms with Gasteiger partial charge in [-0.05, 0) is 49.9 Å². The van der Waals surface area contributed by atoms with Gasteiger partial charge in [-0.25, -0.2) is 4.79 Å². The highest BCUT2D eigenvalue weighted by Gasteiger charge is 2.51. The maximum atomic E-state index is 12.7. The van der Waals surface area contributed by atoms with Gasteiger partial charge in [-0.1, -0.05) is 31.9 Å². The minimum atomic E-state index is 0.0523. The first-order valence-corrected chi connectivity index (χ1v) is 12.1. The van der Waals surface area contributed by atoms with E-state index in [0.29, 0.717) is 29.7 Å². The number of piperazine rings is 1. The molecule has 0 aromatic carbocycles. The lowest BCUT2D eigenvalue weighted by molar-refractivity contribution is -0.139. The van der Waals surface area contributed by atoms with Crippen LogP contribution >= 0.6 is 0 Å². The minimum absolute atomic E-state index is 0.0523. The molecule has 3 amide bonds. The quantitative estimate of drug-likeness (QED) is 0.649. The second kappa shape index (κ2) is 8.89. The fraction of sp³-hybridized carbons (Fsp3) is 0.833. The van der Waals surface area contributed by atoms with Crippen LogP contribution < -0.4 is 5.32 Å². The summed E-state index contributed by atoms with van der Waals surface area (Å²) in [4.78, 5) is 31.7. The maximum absolute atomic E-state index is 12.7. The van der Waals surface area contributed by atoms with Gasteiger partial charge < -0.3 is 15.1 Å². The van der Waals surface area contributed by atoms with E-state index in [9.17, 15) is 9.59 Å². The molecule has 0 radical (unpaired) electrons. The lowest BCUT2D eigenvalue weighted by atomic mass is 9.49. The predicted octanol–water partition coefficient (Wildman–Crippen LogP) is 2.95. The smallest absolute Gasteiger partial charge is 0.317 e. The van der Waals surface area contributed by atoms with Crippen LogP contribution in [0.2, 0.25) is 0 Å². The Kier molecular flexibility index (Phi) is 6.42. The Bertz CT molecular complexity index is 677. The van der Waals surface area contributed by atoms with Crippen molar-refractivity contribution in [2.45, 2.75) is 52.9 Å². The zero-order valence-electron chi connectivity index (χ0n) is 19.2. The zero-order chi connectivity index (χ0) is 21.3. The molecule has 0 spiro atoms. The summed E-state index contributed by atoms with van der Waals surface area (Å²) in [5.74, 6) is 2.12. The van der Waals surface area contributed by atoms with Crippen molar-refractivity contribution in [3.63, 3.8) is 0 Å². The first kappa shape index (κ1) is 21.7. The van der Waals surface area contributed by atoms with Crippen LogP contribution in [0.5, 0.6) is 0 Å². The molecule has 0 aromatic rings. The Morgan fingerprint density at radius 3 is 2.50 bits per heavy atom. The molecule has 2 bridgehead atoms. The highest BCUT2D eigenvalue weighted by Crippen LogP contribution is 2.59. The van der Waals surface area contributed by atoms with Gasteiger partial charge in [-0.2, -0.15) is 0 Å². The van der Waals surface area contributed by atoms with Crippen molar-refractivity contribution in [3.05, 3.63) is 11.6 Å². The monoisotopic (exact) mass is 416 g/mol. The molecule has 1 heterocycles. The lowest BCUT2D eigenvalue weighted by Crippen LogP contribution is -2.54. The van der Waals surface area contributed by atoms with Gasteiger partial charge in [0.1, 0.15) is 0 Å². The Morgan fingerprint density at radius 2 is 1.93 bits per heavy atom. The highest BCUT2D eigenvalue weighted by atomic mass is 16.2. The molecule has 1 aliphatic heterocycles. The second-order valence-corrected chi connectivity index (χ2v) is 10.4. The Morgan fingerprint density at radius 1 is 1.20 bits per heavy atom. The molecule has 2 atom stereocenters. The molecule has 0 aromatic heterocycles. The summed E-state index contributed by atoms with van der Waals surface area (Å²) < 4.78 is 0. The van der Waals surface area contributed by atoms with Crippen molar-refractivity contribution in [1.82, 2.24) is 20.0 Å². The third-order valence-electron chi connectivity index (χ3n) is 8.40. The largest absolute Gasteiger partial charge is 0.340 e. The third-order valence-corrected chi connectivity index (χ3v) is 8.40. The fourth-order valence-corrected chi connectivity index (χ4v) is 5.76. The van der Waals surface area contributed by atoms with E-state index in [4.69, 9.17) is 0 Å². The van der Waals surface area contributed by atoms with Crippen LogP contribution in [0.4, 0.5) is 4.79 Å². The lowest BCUT2D eigenvalue weighted by Gasteiger charge is -2.57. The van der Waals surface area contributed by atoms with Gasteiger partial charge in [0.2, 0.25) is 5.91 Å². The van der Waals surface area contributed by atoms with Crippen molar-refractivity contribution in [3.8, 4) is 0 Å². The molecule has 1 N–H and O–H groups in total. The number of rotatable bonds is 7. The zero-order valence-corrected chi connectivity index (χ0v) is 19.2. The van der Waals surface area contributed by atoms with E-state index in [1.54, 1.807) is 0 Å². The van der Waals surface area contributed by atoms with Crippen molar-refractivity contribution >= 4 is 11.9 Å². The van der Waals surface area contributed by atoms with Gasteiger partial charge in [-0.15, -0.1) is 0 Å². The van der Waals surface area contributed by atoms with Crippen molar-refractivity contribution in [2.24, 2.45) is 23.2 Å². The van der Waals surface area contributed by atoms with E-state index in [1.165, 1.54) is 24.8 Å². The molecule has 6 heteroatoms. The summed E-state index contributed by atoms with van der Waals surface area (Å²) in [6.45, 7) is 13.3. The van der Waals surface area contributed by atoms with Crippen LogP contribution in [0.1, 0.15) is 52.9 Å². The number of nitrogens with zero attached hydrogens (tertiary/aromatic N) is 3. The summed E-state index contributed by atoms with van der Waals surface area (Å²) >= 11 is 0. The van der Waals surface area contributed by atoms with Crippen LogP contribution in [0.15, 0.2) is 11.6 Å². The number of hydrogen-bond donors (Lipinski definition) is 1. The van der Waals surface area contributed by atoms with Crippen LogP contribution in [0.3, 0.4) is 0 Å². The number of carbonyl (C=O) groups excluding carboxylic acids is 2. The topological polar surface area (TPSA) is 55.9 Å². The van der Waals surface area contributed by atoms with Crippen LogP contribution in [0.25, 0.3) is 0 Å². The Hall–Kier alpha value is -1.56. The van der Waals surface area contributed by atoms with Gasteiger partial charge in [0.15, 0.2) is 0 Å². The summed E-state index contributed by atoms with van der Waals surface area (Å²) in [6, 6.07) is 0.0523. The van der Waals surface area contributed by atoms with Crippen LogP contribution in [-0.4, -0.2) is 79.0 Å². The van der Waals surface area contributed by atoms with E-state index in [0.717, 1.165) is 64.6 Å². The number of hydrogen-bond acceptors (Lipinski definition) is 3. The molecule has 1 saturated heterocycles. The first-order valence-electron chi connectivity index (χ1n) is 12.1. The number of fused-ring (bicyclic) bond motifs is 1. The summed E-state index contributed by atoms with van der Waals surface area (Å²) in [5, 5.41) is 3.01. The fourth-order valence-electron chi connectivity index (χ4n) is 5.76. The van der Waals surface area contributed by atoms with Crippen molar-refractivity contribution in [2.75, 3.05) is 52.4 Å². The minimum Gasteiger partial charge on any atom is -0.340 e. The van der Waals surface area contributed by atoms with Crippen LogP contribution in [-0.2, 0) is 4.79 Å². The van der Waals surface area contributed by atoms with Crippen molar-refractivity contribution < 1.29 is 9.59 Å². The van der Waals surface area contributed by atoms with E-state index < -0.39 is 0 Å². The van der Waals surface area contributed by atoms with Gasteiger partial charge in [-0.3, -0.25) is 9.69 Å².